The van der Waals surface area contributed by atoms with Gasteiger partial charge in [0.15, 0.2) is 5.79 Å². The molecule has 0 aromatic heterocycles. The van der Waals surface area contributed by atoms with Gasteiger partial charge < -0.3 is 14.6 Å². The monoisotopic (exact) mass is 326 g/mol. The molecule has 0 radical (unpaired) electrons. The molecule has 1 unspecified atom stereocenters. The molecule has 0 aromatic rings. The van der Waals surface area contributed by atoms with E-state index < -0.39 is 5.79 Å². The highest BCUT2D eigenvalue weighted by Crippen LogP contribution is 2.37. The summed E-state index contributed by atoms with van der Waals surface area (Å²) in [5.41, 5.74) is 0. The lowest BCUT2D eigenvalue weighted by molar-refractivity contribution is -0.286. The highest BCUT2D eigenvalue weighted by molar-refractivity contribution is 5.72. The molecule has 0 aromatic carbocycles. The molecule has 0 spiro atoms. The van der Waals surface area contributed by atoms with E-state index in [2.05, 4.69) is 20.4 Å². The van der Waals surface area contributed by atoms with E-state index in [1.54, 1.807) is 6.08 Å². The molecule has 7 atom stereocenters. The highest BCUT2D eigenvalue weighted by atomic mass is 16.6. The number of cyclic esters (lactones) is 1. The summed E-state index contributed by atoms with van der Waals surface area (Å²) >= 11 is 0. The standard InChI is InChI=1S/C11H20O2.C8H14O2/c1-5-6-11(12)9(3)7-8(2)10(4)13-11;1-5-4-6(2)8(9)10-7(5)3/h5,8-10,12H,1,6-7H2,2-4H3;5-7H,4H2,1-3H3/t8-,9+,10-,11?;5-,6+,7-/m11/s1. The van der Waals surface area contributed by atoms with Crippen LogP contribution < -0.4 is 0 Å². The van der Waals surface area contributed by atoms with Gasteiger partial charge in [0.25, 0.3) is 0 Å². The molecule has 2 aliphatic rings. The minimum absolute atomic E-state index is 0.0365. The zero-order valence-electron chi connectivity index (χ0n) is 15.5. The van der Waals surface area contributed by atoms with Gasteiger partial charge in [-0.3, -0.25) is 4.79 Å². The Morgan fingerprint density at radius 3 is 2.22 bits per heavy atom. The van der Waals surface area contributed by atoms with Crippen LogP contribution in [0.2, 0.25) is 0 Å². The fourth-order valence-corrected chi connectivity index (χ4v) is 3.20. The van der Waals surface area contributed by atoms with Gasteiger partial charge in [-0.1, -0.05) is 33.8 Å². The molecule has 2 aliphatic heterocycles. The summed E-state index contributed by atoms with van der Waals surface area (Å²) in [6, 6.07) is 0. The molecule has 4 heteroatoms. The Bertz CT molecular complexity index is 408. The van der Waals surface area contributed by atoms with Crippen LogP contribution in [0.1, 0.15) is 60.8 Å². The van der Waals surface area contributed by atoms with Crippen molar-refractivity contribution in [2.75, 3.05) is 0 Å². The Morgan fingerprint density at radius 1 is 1.13 bits per heavy atom. The van der Waals surface area contributed by atoms with E-state index >= 15 is 0 Å². The van der Waals surface area contributed by atoms with Crippen LogP contribution in [0.3, 0.4) is 0 Å². The average Bonchev–Trinajstić information content (AvgIpc) is 2.44. The topological polar surface area (TPSA) is 55.8 Å². The summed E-state index contributed by atoms with van der Waals surface area (Å²) < 4.78 is 10.7. The molecular formula is C19H34O4. The Labute approximate surface area is 141 Å². The molecule has 2 rings (SSSR count). The zero-order valence-corrected chi connectivity index (χ0v) is 15.5. The summed E-state index contributed by atoms with van der Waals surface area (Å²) in [6.45, 7) is 15.8. The molecule has 23 heavy (non-hydrogen) atoms. The van der Waals surface area contributed by atoms with Crippen LogP contribution in [0, 0.1) is 23.7 Å². The number of rotatable bonds is 2. The van der Waals surface area contributed by atoms with E-state index in [9.17, 15) is 9.90 Å². The minimum atomic E-state index is -0.978. The number of hydrogen-bond donors (Lipinski definition) is 1. The first-order valence-corrected chi connectivity index (χ1v) is 8.82. The Hall–Kier alpha value is -0.870. The van der Waals surface area contributed by atoms with Crippen LogP contribution >= 0.6 is 0 Å². The highest BCUT2D eigenvalue weighted by Gasteiger charge is 2.41. The Morgan fingerprint density at radius 2 is 1.70 bits per heavy atom. The van der Waals surface area contributed by atoms with Gasteiger partial charge in [0.05, 0.1) is 12.0 Å². The molecular weight excluding hydrogens is 292 g/mol. The first-order chi connectivity index (χ1) is 10.6. The van der Waals surface area contributed by atoms with Crippen molar-refractivity contribution in [1.82, 2.24) is 0 Å². The van der Waals surface area contributed by atoms with Crippen molar-refractivity contribution >= 4 is 5.97 Å². The van der Waals surface area contributed by atoms with Gasteiger partial charge in [-0.25, -0.2) is 0 Å². The smallest absolute Gasteiger partial charge is 0.308 e. The molecule has 0 aliphatic carbocycles. The number of ether oxygens (including phenoxy) is 2. The fourth-order valence-electron chi connectivity index (χ4n) is 3.20. The van der Waals surface area contributed by atoms with Gasteiger partial charge in [-0.05, 0) is 38.5 Å². The number of carbonyl (C=O) groups excluding carboxylic acids is 1. The van der Waals surface area contributed by atoms with Crippen molar-refractivity contribution in [2.45, 2.75) is 78.8 Å². The second kappa shape index (κ2) is 8.29. The number of carbonyl (C=O) groups is 1. The second-order valence-electron chi connectivity index (χ2n) is 7.53. The van der Waals surface area contributed by atoms with Crippen molar-refractivity contribution in [2.24, 2.45) is 23.7 Å². The Balaban J connectivity index is 0.000000238. The molecule has 0 bridgehead atoms. The average molecular weight is 326 g/mol. The number of aliphatic hydroxyl groups is 1. The van der Waals surface area contributed by atoms with Crippen LogP contribution in [0.4, 0.5) is 0 Å². The Kier molecular flexibility index (Phi) is 7.28. The van der Waals surface area contributed by atoms with E-state index in [-0.39, 0.29) is 30.0 Å². The first kappa shape index (κ1) is 20.2. The SMILES string of the molecule is C=CCC1(O)O[C@H](C)[C@H](C)C[C@@H]1C.C[C@@H]1C[C@H](C)C(=O)O[C@@H]1C. The predicted octanol–water partition coefficient (Wildman–Crippen LogP) is 3.93. The molecule has 2 saturated heterocycles. The maximum absolute atomic E-state index is 10.9. The lowest BCUT2D eigenvalue weighted by Crippen LogP contribution is -2.48. The molecule has 4 nitrogen and oxygen atoms in total. The molecule has 2 heterocycles. The van der Waals surface area contributed by atoms with Crippen molar-refractivity contribution in [3.8, 4) is 0 Å². The summed E-state index contributed by atoms with van der Waals surface area (Å²) in [6.07, 6.45) is 4.49. The van der Waals surface area contributed by atoms with Crippen molar-refractivity contribution < 1.29 is 19.4 Å². The summed E-state index contributed by atoms with van der Waals surface area (Å²) in [5.74, 6) is 0.328. The number of hydrogen-bond acceptors (Lipinski definition) is 4. The largest absolute Gasteiger partial charge is 0.462 e. The lowest BCUT2D eigenvalue weighted by Gasteiger charge is -2.43. The third-order valence-corrected chi connectivity index (χ3v) is 5.35. The second-order valence-corrected chi connectivity index (χ2v) is 7.53. The maximum atomic E-state index is 10.9. The third kappa shape index (κ3) is 5.32. The van der Waals surface area contributed by atoms with Gasteiger partial charge in [0.1, 0.15) is 6.10 Å². The van der Waals surface area contributed by atoms with E-state index in [4.69, 9.17) is 9.47 Å². The van der Waals surface area contributed by atoms with Gasteiger partial charge in [-0.15, -0.1) is 6.58 Å². The number of esters is 1. The van der Waals surface area contributed by atoms with E-state index in [1.807, 2.05) is 27.7 Å². The van der Waals surface area contributed by atoms with E-state index in [0.717, 1.165) is 12.8 Å². The van der Waals surface area contributed by atoms with Crippen LogP contribution in [-0.4, -0.2) is 29.1 Å². The molecule has 0 saturated carbocycles. The lowest BCUT2D eigenvalue weighted by atomic mass is 9.83. The third-order valence-electron chi connectivity index (χ3n) is 5.35. The van der Waals surface area contributed by atoms with Crippen LogP contribution in [-0.2, 0) is 14.3 Å². The van der Waals surface area contributed by atoms with E-state index in [1.165, 1.54) is 0 Å². The van der Waals surface area contributed by atoms with Crippen molar-refractivity contribution in [3.63, 3.8) is 0 Å². The molecule has 134 valence electrons. The van der Waals surface area contributed by atoms with Gasteiger partial charge in [0, 0.05) is 12.3 Å². The van der Waals surface area contributed by atoms with Gasteiger partial charge in [-0.2, -0.15) is 0 Å². The maximum Gasteiger partial charge on any atom is 0.308 e. The summed E-state index contributed by atoms with van der Waals surface area (Å²) in [4.78, 5) is 10.9. The van der Waals surface area contributed by atoms with E-state index in [0.29, 0.717) is 18.3 Å². The zero-order chi connectivity index (χ0) is 17.8. The van der Waals surface area contributed by atoms with Crippen molar-refractivity contribution in [3.05, 3.63) is 12.7 Å². The quantitative estimate of drug-likeness (QED) is 0.617. The van der Waals surface area contributed by atoms with Gasteiger partial charge >= 0.3 is 5.97 Å². The molecule has 0 amide bonds. The van der Waals surface area contributed by atoms with Gasteiger partial charge in [0.2, 0.25) is 0 Å². The van der Waals surface area contributed by atoms with Crippen LogP contribution in [0.5, 0.6) is 0 Å². The normalized spacial score (nSPS) is 43.9. The minimum Gasteiger partial charge on any atom is -0.462 e. The fraction of sp³-hybridized carbons (Fsp3) is 0.842. The van der Waals surface area contributed by atoms with Crippen molar-refractivity contribution in [1.29, 1.82) is 0 Å². The first-order valence-electron chi connectivity index (χ1n) is 8.82. The summed E-state index contributed by atoms with van der Waals surface area (Å²) in [5, 5.41) is 10.1. The van der Waals surface area contributed by atoms with Crippen LogP contribution in [0.15, 0.2) is 12.7 Å². The summed E-state index contributed by atoms with van der Waals surface area (Å²) in [7, 11) is 0. The predicted molar refractivity (Wildman–Crippen MR) is 91.8 cm³/mol. The molecule has 1 N–H and O–H groups in total. The molecule has 2 fully saturated rings. The van der Waals surface area contributed by atoms with Crippen LogP contribution in [0.25, 0.3) is 0 Å².